The molecule has 3 N–H and O–H groups in total. The van der Waals surface area contributed by atoms with Crippen LogP contribution in [-0.2, 0) is 6.42 Å². The van der Waals surface area contributed by atoms with Crippen molar-refractivity contribution in [3.63, 3.8) is 0 Å². The zero-order chi connectivity index (χ0) is 12.1. The minimum atomic E-state index is 0. The largest absolute Gasteiger partial charge is 0.384 e. The van der Waals surface area contributed by atoms with Gasteiger partial charge in [0.15, 0.2) is 0 Å². The summed E-state index contributed by atoms with van der Waals surface area (Å²) in [5.41, 5.74) is 11.3. The summed E-state index contributed by atoms with van der Waals surface area (Å²) < 4.78 is 0. The maximum absolute atomic E-state index is 5.61. The van der Waals surface area contributed by atoms with Crippen LogP contribution in [-0.4, -0.2) is 15.2 Å². The SMILES string of the molecule is Cl.Nc1ccc(-c2n[nH]c3c2Cc2sccc2-3)cn1. The number of pyridine rings is 1. The molecule has 0 saturated heterocycles. The Balaban J connectivity index is 0.00000110. The fourth-order valence-electron chi connectivity index (χ4n) is 2.41. The summed E-state index contributed by atoms with van der Waals surface area (Å²) in [6, 6.07) is 5.92. The number of nitrogen functional groups attached to an aromatic ring is 1. The second kappa shape index (κ2) is 4.36. The molecule has 3 heterocycles. The number of rotatable bonds is 1. The molecule has 1 aliphatic rings. The average molecular weight is 291 g/mol. The van der Waals surface area contributed by atoms with Gasteiger partial charge < -0.3 is 5.73 Å². The topological polar surface area (TPSA) is 67.6 Å². The third kappa shape index (κ3) is 1.74. The number of halogens is 1. The highest BCUT2D eigenvalue weighted by Gasteiger charge is 2.25. The van der Waals surface area contributed by atoms with Gasteiger partial charge in [-0.3, -0.25) is 5.10 Å². The number of hydrogen-bond donors (Lipinski definition) is 2. The van der Waals surface area contributed by atoms with E-state index in [4.69, 9.17) is 5.73 Å². The lowest BCUT2D eigenvalue weighted by Crippen LogP contribution is -1.91. The highest BCUT2D eigenvalue weighted by Crippen LogP contribution is 2.42. The first kappa shape index (κ1) is 12.2. The first-order chi connectivity index (χ1) is 8.83. The number of H-pyrrole nitrogens is 1. The Morgan fingerprint density at radius 3 is 2.95 bits per heavy atom. The Kier molecular flexibility index (Phi) is 2.80. The van der Waals surface area contributed by atoms with Crippen LogP contribution in [0.3, 0.4) is 0 Å². The van der Waals surface area contributed by atoms with Gasteiger partial charge in [0, 0.05) is 34.2 Å². The first-order valence-corrected chi connectivity index (χ1v) is 6.57. The lowest BCUT2D eigenvalue weighted by atomic mass is 10.1. The normalized spacial score (nSPS) is 11.8. The summed E-state index contributed by atoms with van der Waals surface area (Å²) in [5.74, 6) is 0.532. The number of fused-ring (bicyclic) bond motifs is 3. The van der Waals surface area contributed by atoms with Crippen molar-refractivity contribution < 1.29 is 0 Å². The summed E-state index contributed by atoms with van der Waals surface area (Å²) in [4.78, 5) is 5.53. The van der Waals surface area contributed by atoms with Crippen LogP contribution in [0, 0.1) is 0 Å². The minimum Gasteiger partial charge on any atom is -0.384 e. The van der Waals surface area contributed by atoms with Gasteiger partial charge in [-0.05, 0) is 23.6 Å². The number of nitrogens with two attached hydrogens (primary N) is 1. The molecule has 0 fully saturated rings. The van der Waals surface area contributed by atoms with Gasteiger partial charge in [0.2, 0.25) is 0 Å². The van der Waals surface area contributed by atoms with Crippen LogP contribution in [0.5, 0.6) is 0 Å². The van der Waals surface area contributed by atoms with E-state index in [1.807, 2.05) is 6.07 Å². The van der Waals surface area contributed by atoms with Gasteiger partial charge in [-0.15, -0.1) is 23.7 Å². The number of hydrogen-bond acceptors (Lipinski definition) is 4. The summed E-state index contributed by atoms with van der Waals surface area (Å²) in [5, 5.41) is 9.68. The van der Waals surface area contributed by atoms with Gasteiger partial charge in [0.05, 0.1) is 11.4 Å². The van der Waals surface area contributed by atoms with Crippen LogP contribution in [0.2, 0.25) is 0 Å². The highest BCUT2D eigenvalue weighted by molar-refractivity contribution is 7.10. The van der Waals surface area contributed by atoms with Crippen LogP contribution in [0.25, 0.3) is 22.5 Å². The number of aromatic amines is 1. The number of thiophene rings is 1. The van der Waals surface area contributed by atoms with E-state index in [1.165, 1.54) is 16.0 Å². The maximum Gasteiger partial charge on any atom is 0.123 e. The minimum absolute atomic E-state index is 0. The Morgan fingerprint density at radius 1 is 1.26 bits per heavy atom. The third-order valence-corrected chi connectivity index (χ3v) is 4.20. The molecule has 3 aromatic heterocycles. The number of aromatic nitrogens is 3. The molecule has 19 heavy (non-hydrogen) atoms. The van der Waals surface area contributed by atoms with Crippen molar-refractivity contribution in [2.24, 2.45) is 0 Å². The van der Waals surface area contributed by atoms with Crippen molar-refractivity contribution in [3.05, 3.63) is 40.2 Å². The van der Waals surface area contributed by atoms with Crippen LogP contribution >= 0.6 is 23.7 Å². The second-order valence-corrected chi connectivity index (χ2v) is 5.33. The summed E-state index contributed by atoms with van der Waals surface area (Å²) in [6.07, 6.45) is 2.73. The predicted octanol–water partition coefficient (Wildman–Crippen LogP) is 3.11. The molecule has 6 heteroatoms. The Morgan fingerprint density at radius 2 is 2.16 bits per heavy atom. The summed E-state index contributed by atoms with van der Waals surface area (Å²) >= 11 is 1.80. The lowest BCUT2D eigenvalue weighted by molar-refractivity contribution is 1.09. The number of nitrogens with zero attached hydrogens (tertiary/aromatic N) is 2. The zero-order valence-electron chi connectivity index (χ0n) is 9.88. The third-order valence-electron chi connectivity index (χ3n) is 3.28. The molecule has 0 amide bonds. The van der Waals surface area contributed by atoms with Crippen LogP contribution < -0.4 is 5.73 Å². The Labute approximate surface area is 120 Å². The van der Waals surface area contributed by atoms with E-state index in [9.17, 15) is 0 Å². The fourth-order valence-corrected chi connectivity index (χ4v) is 3.30. The molecule has 0 aliphatic heterocycles. The van der Waals surface area contributed by atoms with E-state index in [0.717, 1.165) is 23.4 Å². The molecule has 1 aliphatic carbocycles. The molecule has 0 radical (unpaired) electrons. The number of anilines is 1. The van der Waals surface area contributed by atoms with Gasteiger partial charge in [-0.25, -0.2) is 4.98 Å². The molecule has 4 rings (SSSR count). The summed E-state index contributed by atoms with van der Waals surface area (Å²) in [6.45, 7) is 0. The van der Waals surface area contributed by atoms with Gasteiger partial charge >= 0.3 is 0 Å². The monoisotopic (exact) mass is 290 g/mol. The van der Waals surface area contributed by atoms with Crippen molar-refractivity contribution in [2.45, 2.75) is 6.42 Å². The molecule has 0 aromatic carbocycles. The van der Waals surface area contributed by atoms with E-state index < -0.39 is 0 Å². The lowest BCUT2D eigenvalue weighted by Gasteiger charge is -1.99. The smallest absolute Gasteiger partial charge is 0.123 e. The fraction of sp³-hybridized carbons (Fsp3) is 0.0769. The second-order valence-electron chi connectivity index (χ2n) is 4.33. The van der Waals surface area contributed by atoms with E-state index in [0.29, 0.717) is 5.82 Å². The van der Waals surface area contributed by atoms with Gasteiger partial charge in [0.1, 0.15) is 5.82 Å². The molecule has 0 atom stereocenters. The van der Waals surface area contributed by atoms with Gasteiger partial charge in [-0.2, -0.15) is 5.10 Å². The van der Waals surface area contributed by atoms with Crippen LogP contribution in [0.4, 0.5) is 5.82 Å². The molecule has 0 bridgehead atoms. The van der Waals surface area contributed by atoms with Gasteiger partial charge in [-0.1, -0.05) is 0 Å². The van der Waals surface area contributed by atoms with Crippen molar-refractivity contribution in [2.75, 3.05) is 5.73 Å². The predicted molar refractivity (Wildman–Crippen MR) is 79.6 cm³/mol. The Bertz CT molecular complexity index is 729. The molecule has 3 aromatic rings. The average Bonchev–Trinajstić information content (AvgIpc) is 3.01. The summed E-state index contributed by atoms with van der Waals surface area (Å²) in [7, 11) is 0. The number of nitrogens with one attached hydrogen (secondary N) is 1. The van der Waals surface area contributed by atoms with Crippen molar-refractivity contribution in [1.29, 1.82) is 0 Å². The molecule has 0 saturated carbocycles. The van der Waals surface area contributed by atoms with E-state index >= 15 is 0 Å². The Hall–Kier alpha value is -1.85. The molecular formula is C13H11ClN4S. The van der Waals surface area contributed by atoms with E-state index in [1.54, 1.807) is 23.6 Å². The quantitative estimate of drug-likeness (QED) is 0.566. The van der Waals surface area contributed by atoms with Crippen molar-refractivity contribution >= 4 is 29.6 Å². The van der Waals surface area contributed by atoms with E-state index in [2.05, 4.69) is 26.6 Å². The first-order valence-electron chi connectivity index (χ1n) is 5.69. The van der Waals surface area contributed by atoms with Crippen molar-refractivity contribution in [3.8, 4) is 22.5 Å². The highest BCUT2D eigenvalue weighted by atomic mass is 35.5. The maximum atomic E-state index is 5.61. The van der Waals surface area contributed by atoms with E-state index in [-0.39, 0.29) is 12.4 Å². The molecule has 96 valence electrons. The molecule has 0 spiro atoms. The van der Waals surface area contributed by atoms with Crippen LogP contribution in [0.1, 0.15) is 10.4 Å². The standard InChI is InChI=1S/C13H10N4S.ClH/c14-11-2-1-7(6-15-11)12-9-5-10-8(3-4-18-10)13(9)17-16-12;/h1-4,6H,5H2,(H2,14,15)(H,16,17);1H. The molecule has 0 unspecified atom stereocenters. The zero-order valence-corrected chi connectivity index (χ0v) is 11.5. The van der Waals surface area contributed by atoms with Crippen LogP contribution in [0.15, 0.2) is 29.8 Å². The molecular weight excluding hydrogens is 280 g/mol. The van der Waals surface area contributed by atoms with Crippen molar-refractivity contribution in [1.82, 2.24) is 15.2 Å². The van der Waals surface area contributed by atoms with Gasteiger partial charge in [0.25, 0.3) is 0 Å². The molecule has 4 nitrogen and oxygen atoms in total.